The SMILES string of the molecule is N=C1C=c2nc3c(nc2=CC1=N[SH2+])sc1ccccc13. The average Bonchev–Trinajstić information content (AvgIpc) is 2.82. The summed E-state index contributed by atoms with van der Waals surface area (Å²) in [6.45, 7) is 0. The van der Waals surface area contributed by atoms with E-state index < -0.39 is 0 Å². The van der Waals surface area contributed by atoms with E-state index in [0.717, 1.165) is 26.4 Å². The van der Waals surface area contributed by atoms with E-state index in [0.29, 0.717) is 11.4 Å². The highest BCUT2D eigenvalue weighted by atomic mass is 32.1. The molecule has 1 N–H and O–H groups in total. The summed E-state index contributed by atoms with van der Waals surface area (Å²) in [5.74, 6) is 0. The van der Waals surface area contributed by atoms with E-state index in [4.69, 9.17) is 5.41 Å². The van der Waals surface area contributed by atoms with Crippen molar-refractivity contribution in [1.29, 1.82) is 5.41 Å². The van der Waals surface area contributed by atoms with Gasteiger partial charge in [-0.3, -0.25) is 5.41 Å². The van der Waals surface area contributed by atoms with Gasteiger partial charge in [0, 0.05) is 10.1 Å². The first-order chi connectivity index (χ1) is 9.76. The van der Waals surface area contributed by atoms with Gasteiger partial charge in [0.05, 0.1) is 29.2 Å². The van der Waals surface area contributed by atoms with Crippen molar-refractivity contribution in [2.75, 3.05) is 0 Å². The summed E-state index contributed by atoms with van der Waals surface area (Å²) in [5.41, 5.74) is 1.80. The maximum Gasteiger partial charge on any atom is 0.143 e. The molecule has 1 aliphatic rings. The van der Waals surface area contributed by atoms with Crippen LogP contribution in [-0.2, 0) is 12.8 Å². The van der Waals surface area contributed by atoms with Gasteiger partial charge in [0.15, 0.2) is 0 Å². The van der Waals surface area contributed by atoms with Crippen molar-refractivity contribution in [3.05, 3.63) is 35.0 Å². The largest absolute Gasteiger partial charge is 0.298 e. The molecule has 0 saturated heterocycles. The van der Waals surface area contributed by atoms with E-state index in [1.807, 2.05) is 12.1 Å². The Kier molecular flexibility index (Phi) is 2.48. The lowest BCUT2D eigenvalue weighted by Crippen LogP contribution is -2.37. The molecule has 4 rings (SSSR count). The van der Waals surface area contributed by atoms with E-state index >= 15 is 0 Å². The first kappa shape index (κ1) is 11.7. The lowest BCUT2D eigenvalue weighted by atomic mass is 10.1. The van der Waals surface area contributed by atoms with Gasteiger partial charge in [-0.1, -0.05) is 22.6 Å². The number of rotatable bonds is 0. The highest BCUT2D eigenvalue weighted by Gasteiger charge is 2.13. The second-order valence-electron chi connectivity index (χ2n) is 4.45. The van der Waals surface area contributed by atoms with Crippen molar-refractivity contribution >= 4 is 68.2 Å². The maximum absolute atomic E-state index is 7.90. The zero-order valence-corrected chi connectivity index (χ0v) is 12.0. The van der Waals surface area contributed by atoms with Crippen molar-refractivity contribution < 1.29 is 0 Å². The smallest absolute Gasteiger partial charge is 0.143 e. The highest BCUT2D eigenvalue weighted by Crippen LogP contribution is 2.29. The molecule has 0 radical (unpaired) electrons. The molecule has 1 aliphatic carbocycles. The number of fused-ring (bicyclic) bond motifs is 4. The Balaban J connectivity index is 2.19. The fourth-order valence-electron chi connectivity index (χ4n) is 2.27. The summed E-state index contributed by atoms with van der Waals surface area (Å²) < 4.78 is 5.07. The van der Waals surface area contributed by atoms with Crippen LogP contribution in [0.1, 0.15) is 0 Å². The fraction of sp³-hybridized carbons (Fsp3) is 0. The summed E-state index contributed by atoms with van der Waals surface area (Å²) in [6.07, 6.45) is 3.48. The minimum Gasteiger partial charge on any atom is -0.298 e. The number of benzene rings is 1. The van der Waals surface area contributed by atoms with Crippen LogP contribution in [-0.4, -0.2) is 21.4 Å². The number of hydrogen-bond acceptors (Lipinski definition) is 5. The molecule has 0 bridgehead atoms. The summed E-state index contributed by atoms with van der Waals surface area (Å²) in [4.78, 5) is 10.2. The molecule has 0 unspecified atom stereocenters. The topological polar surface area (TPSA) is 62.0 Å². The third-order valence-corrected chi connectivity index (χ3v) is 4.51. The van der Waals surface area contributed by atoms with Crippen LogP contribution in [0.25, 0.3) is 32.6 Å². The molecule has 0 saturated carbocycles. The fourth-order valence-corrected chi connectivity index (χ4v) is 3.48. The summed E-state index contributed by atoms with van der Waals surface area (Å²) in [6, 6.07) is 8.14. The second kappa shape index (κ2) is 4.22. The molecular formula is C14H9N4S2+. The van der Waals surface area contributed by atoms with E-state index in [1.165, 1.54) is 4.70 Å². The average molecular weight is 297 g/mol. The monoisotopic (exact) mass is 297 g/mol. The minimum absolute atomic E-state index is 0.334. The zero-order chi connectivity index (χ0) is 13.7. The van der Waals surface area contributed by atoms with Gasteiger partial charge in [0.1, 0.15) is 16.1 Å². The van der Waals surface area contributed by atoms with Crippen LogP contribution in [0.2, 0.25) is 0 Å². The standard InChI is InChI=1S/C14H8N4S2/c15-8-5-10-11(6-9(8)18-19)17-14-13(16-10)7-3-1-2-4-12(7)20-14/h1-6,15,19H/p+1. The number of thiophene rings is 1. The molecule has 96 valence electrons. The second-order valence-corrected chi connectivity index (χ2v) is 5.70. The lowest BCUT2D eigenvalue weighted by molar-refractivity contribution is 1.19. The predicted molar refractivity (Wildman–Crippen MR) is 88.4 cm³/mol. The Hall–Kier alpha value is -2.05. The van der Waals surface area contributed by atoms with Gasteiger partial charge in [-0.2, -0.15) is 0 Å². The van der Waals surface area contributed by atoms with E-state index in [9.17, 15) is 0 Å². The van der Waals surface area contributed by atoms with Crippen LogP contribution in [0.4, 0.5) is 0 Å². The molecule has 0 amide bonds. The van der Waals surface area contributed by atoms with Gasteiger partial charge in [0.25, 0.3) is 0 Å². The number of aromatic nitrogens is 2. The third-order valence-electron chi connectivity index (χ3n) is 3.22. The molecule has 2 heterocycles. The van der Waals surface area contributed by atoms with Gasteiger partial charge in [0.2, 0.25) is 0 Å². The highest BCUT2D eigenvalue weighted by molar-refractivity contribution is 7.57. The molecule has 4 nitrogen and oxygen atoms in total. The van der Waals surface area contributed by atoms with Crippen molar-refractivity contribution in [2.24, 2.45) is 4.40 Å². The normalized spacial score (nSPS) is 16.2. The van der Waals surface area contributed by atoms with Crippen LogP contribution in [0.15, 0.2) is 28.7 Å². The minimum atomic E-state index is 0.334. The number of nitrogens with zero attached hydrogens (tertiary/aromatic N) is 3. The molecule has 3 aromatic rings. The first-order valence-corrected chi connectivity index (χ1v) is 7.25. The van der Waals surface area contributed by atoms with Crippen LogP contribution in [0, 0.1) is 5.41 Å². The molecule has 20 heavy (non-hydrogen) atoms. The van der Waals surface area contributed by atoms with Gasteiger partial charge in [-0.05, 0) is 18.2 Å². The molecule has 0 fully saturated rings. The number of nitrogens with one attached hydrogen (secondary N) is 1. The van der Waals surface area contributed by atoms with Gasteiger partial charge < -0.3 is 0 Å². The Bertz CT molecular complexity index is 1030. The summed E-state index contributed by atoms with van der Waals surface area (Å²) in [5, 5.41) is 10.5. The Morgan fingerprint density at radius 3 is 2.75 bits per heavy atom. The summed E-state index contributed by atoms with van der Waals surface area (Å²) >= 11 is 4.71. The third kappa shape index (κ3) is 1.62. The van der Waals surface area contributed by atoms with Crippen molar-refractivity contribution in [2.45, 2.75) is 0 Å². The Morgan fingerprint density at radius 1 is 1.10 bits per heavy atom. The van der Waals surface area contributed by atoms with Crippen LogP contribution in [0.5, 0.6) is 0 Å². The Morgan fingerprint density at radius 2 is 1.90 bits per heavy atom. The molecule has 2 aromatic heterocycles. The van der Waals surface area contributed by atoms with Gasteiger partial charge in [-0.15, -0.1) is 11.3 Å². The molecule has 0 aliphatic heterocycles. The molecular weight excluding hydrogens is 288 g/mol. The quantitative estimate of drug-likeness (QED) is 0.624. The van der Waals surface area contributed by atoms with Crippen LogP contribution in [0.3, 0.4) is 0 Å². The van der Waals surface area contributed by atoms with E-state index in [-0.39, 0.29) is 0 Å². The molecule has 0 spiro atoms. The maximum atomic E-state index is 7.90. The van der Waals surface area contributed by atoms with E-state index in [2.05, 4.69) is 39.3 Å². The van der Waals surface area contributed by atoms with Crippen molar-refractivity contribution in [3.63, 3.8) is 0 Å². The zero-order valence-electron chi connectivity index (χ0n) is 10.2. The molecule has 6 heteroatoms. The van der Waals surface area contributed by atoms with Gasteiger partial charge >= 0.3 is 0 Å². The lowest BCUT2D eigenvalue weighted by Gasteiger charge is -2.01. The van der Waals surface area contributed by atoms with Crippen molar-refractivity contribution in [3.8, 4) is 0 Å². The first-order valence-electron chi connectivity index (χ1n) is 5.98. The summed E-state index contributed by atoms with van der Waals surface area (Å²) in [7, 11) is 0. The van der Waals surface area contributed by atoms with Gasteiger partial charge in [-0.25, -0.2) is 9.97 Å². The molecule has 0 atom stereocenters. The predicted octanol–water partition coefficient (Wildman–Crippen LogP) is 0.806. The molecule has 1 aromatic carbocycles. The van der Waals surface area contributed by atoms with Crippen LogP contribution < -0.4 is 10.7 Å². The van der Waals surface area contributed by atoms with Crippen LogP contribution >= 0.6 is 11.3 Å². The number of hydrogen-bond donors (Lipinski definition) is 1. The Labute approximate surface area is 123 Å². The van der Waals surface area contributed by atoms with Crippen molar-refractivity contribution in [1.82, 2.24) is 9.97 Å². The van der Waals surface area contributed by atoms with E-state index in [1.54, 1.807) is 23.5 Å².